The molecular weight excluding hydrogens is 418 g/mol. The Balaban J connectivity index is 1.45. The smallest absolute Gasteiger partial charge is 0.294 e. The van der Waals surface area contributed by atoms with E-state index < -0.39 is 17.1 Å². The average Bonchev–Trinajstić information content (AvgIpc) is 3.38. The highest BCUT2D eigenvalue weighted by Crippen LogP contribution is 2.33. The minimum Gasteiger partial charge on any atom is -0.497 e. The van der Waals surface area contributed by atoms with Gasteiger partial charge in [-0.25, -0.2) is 4.98 Å². The van der Waals surface area contributed by atoms with Crippen LogP contribution in [-0.4, -0.2) is 40.6 Å². The van der Waals surface area contributed by atoms with Crippen molar-refractivity contribution < 1.29 is 19.1 Å². The summed E-state index contributed by atoms with van der Waals surface area (Å²) >= 11 is 3.59. The maximum atomic E-state index is 12.5. The number of methoxy groups -OCH3 is 1. The first-order chi connectivity index (χ1) is 13.5. The Bertz CT molecular complexity index is 1100. The third kappa shape index (κ3) is 3.79. The van der Waals surface area contributed by atoms with Gasteiger partial charge in [-0.1, -0.05) is 17.4 Å². The zero-order valence-corrected chi connectivity index (χ0v) is 17.0. The lowest BCUT2D eigenvalue weighted by molar-refractivity contribution is -0.127. The minimum absolute atomic E-state index is 0.312. The average molecular weight is 432 g/mol. The van der Waals surface area contributed by atoms with E-state index >= 15 is 0 Å². The van der Waals surface area contributed by atoms with Crippen LogP contribution in [0.3, 0.4) is 0 Å². The van der Waals surface area contributed by atoms with Gasteiger partial charge in [-0.2, -0.15) is 0 Å². The van der Waals surface area contributed by atoms with Gasteiger partial charge in [0.1, 0.15) is 12.3 Å². The third-order valence-electron chi connectivity index (χ3n) is 3.83. The molecule has 1 N–H and O–H groups in total. The van der Waals surface area contributed by atoms with Gasteiger partial charge in [0.25, 0.3) is 11.1 Å². The van der Waals surface area contributed by atoms with Gasteiger partial charge in [0, 0.05) is 4.88 Å². The third-order valence-corrected chi connectivity index (χ3v) is 6.49. The molecule has 0 unspecified atom stereocenters. The van der Waals surface area contributed by atoms with Gasteiger partial charge < -0.3 is 10.1 Å². The Morgan fingerprint density at radius 1 is 1.32 bits per heavy atom. The molecule has 0 aliphatic carbocycles. The summed E-state index contributed by atoms with van der Waals surface area (Å²) in [7, 11) is 1.58. The number of thioether (sulfide) groups is 1. The lowest BCUT2D eigenvalue weighted by Gasteiger charge is -2.11. The number of anilines is 1. The van der Waals surface area contributed by atoms with E-state index in [4.69, 9.17) is 4.74 Å². The van der Waals surface area contributed by atoms with Crippen molar-refractivity contribution in [3.63, 3.8) is 0 Å². The summed E-state index contributed by atoms with van der Waals surface area (Å²) in [5, 5.41) is 4.47. The number of nitrogens with zero attached hydrogens (tertiary/aromatic N) is 2. The molecule has 1 aliphatic rings. The van der Waals surface area contributed by atoms with E-state index in [1.165, 1.54) is 22.7 Å². The van der Waals surface area contributed by atoms with Crippen LogP contribution in [0.15, 0.2) is 40.6 Å². The molecule has 0 bridgehead atoms. The lowest BCUT2D eigenvalue weighted by atomic mass is 10.3. The Kier molecular flexibility index (Phi) is 5.16. The van der Waals surface area contributed by atoms with E-state index in [1.54, 1.807) is 25.3 Å². The highest BCUT2D eigenvalue weighted by molar-refractivity contribution is 8.18. The number of imide groups is 1. The number of hydrogen-bond acceptors (Lipinski definition) is 8. The fourth-order valence-electron chi connectivity index (χ4n) is 2.53. The first-order valence-electron chi connectivity index (χ1n) is 8.07. The quantitative estimate of drug-likeness (QED) is 0.614. The van der Waals surface area contributed by atoms with Gasteiger partial charge in [-0.3, -0.25) is 19.3 Å². The molecule has 10 heteroatoms. The van der Waals surface area contributed by atoms with E-state index in [0.29, 0.717) is 15.8 Å². The summed E-state index contributed by atoms with van der Waals surface area (Å²) in [5.41, 5.74) is 0.728. The zero-order chi connectivity index (χ0) is 19.7. The number of benzene rings is 1. The van der Waals surface area contributed by atoms with E-state index in [2.05, 4.69) is 10.3 Å². The van der Waals surface area contributed by atoms with Crippen molar-refractivity contribution in [3.8, 4) is 5.75 Å². The number of aromatic nitrogens is 1. The van der Waals surface area contributed by atoms with Crippen molar-refractivity contribution in [2.24, 2.45) is 0 Å². The zero-order valence-electron chi connectivity index (χ0n) is 14.5. The molecule has 0 atom stereocenters. The van der Waals surface area contributed by atoms with Crippen LogP contribution in [0.25, 0.3) is 16.3 Å². The fourth-order valence-corrected chi connectivity index (χ4v) is 5.00. The number of carbonyl (C=O) groups is 3. The summed E-state index contributed by atoms with van der Waals surface area (Å²) in [6.07, 6.45) is 1.66. The molecule has 1 saturated heterocycles. The molecule has 0 spiro atoms. The van der Waals surface area contributed by atoms with Crippen molar-refractivity contribution in [2.75, 3.05) is 19.0 Å². The first-order valence-corrected chi connectivity index (χ1v) is 10.6. The Morgan fingerprint density at radius 2 is 2.18 bits per heavy atom. The largest absolute Gasteiger partial charge is 0.497 e. The van der Waals surface area contributed by atoms with Crippen LogP contribution in [0.5, 0.6) is 5.75 Å². The number of thiazole rings is 1. The number of rotatable bonds is 5. The molecule has 3 amide bonds. The van der Waals surface area contributed by atoms with E-state index in [0.717, 1.165) is 31.8 Å². The fraction of sp³-hybridized carbons (Fsp3) is 0.111. The van der Waals surface area contributed by atoms with Gasteiger partial charge in [-0.05, 0) is 47.5 Å². The molecule has 1 fully saturated rings. The normalized spacial score (nSPS) is 15.6. The molecular formula is C18H13N3O4S3. The molecule has 2 aromatic heterocycles. The van der Waals surface area contributed by atoms with Gasteiger partial charge in [0.2, 0.25) is 5.91 Å². The van der Waals surface area contributed by atoms with Crippen LogP contribution in [0.4, 0.5) is 9.93 Å². The molecule has 1 aromatic carbocycles. The van der Waals surface area contributed by atoms with E-state index in [-0.39, 0.29) is 6.54 Å². The number of thiophene rings is 1. The van der Waals surface area contributed by atoms with Crippen LogP contribution in [0.2, 0.25) is 0 Å². The number of hydrogen-bond donors (Lipinski definition) is 1. The Hall–Kier alpha value is -2.69. The number of amides is 3. The number of nitrogens with one attached hydrogen (secondary N) is 1. The predicted octanol–water partition coefficient (Wildman–Crippen LogP) is 4.04. The van der Waals surface area contributed by atoms with Crippen LogP contribution in [-0.2, 0) is 9.59 Å². The second kappa shape index (κ2) is 7.74. The second-order valence-corrected chi connectivity index (χ2v) is 8.69. The number of ether oxygens (including phenoxy) is 1. The van der Waals surface area contributed by atoms with Crippen LogP contribution in [0.1, 0.15) is 4.88 Å². The SMILES string of the molecule is COc1ccc2nc(NC(=O)CN3C(=O)S/C(=C\c4cccs4)C3=O)sc2c1. The summed E-state index contributed by atoms with van der Waals surface area (Å²) < 4.78 is 6.04. The van der Waals surface area contributed by atoms with Gasteiger partial charge in [0.15, 0.2) is 5.13 Å². The standard InChI is InChI=1S/C18H13N3O4S3/c1-25-10-4-5-12-13(7-10)27-17(19-12)20-15(22)9-21-16(23)14(28-18(21)24)8-11-3-2-6-26-11/h2-8H,9H2,1H3,(H,19,20,22)/b14-8-. The minimum atomic E-state index is -0.481. The summed E-state index contributed by atoms with van der Waals surface area (Å²) in [6.45, 7) is -0.355. The predicted molar refractivity (Wildman–Crippen MR) is 112 cm³/mol. The van der Waals surface area contributed by atoms with Gasteiger partial charge in [0.05, 0.1) is 22.2 Å². The van der Waals surface area contributed by atoms with E-state index in [9.17, 15) is 14.4 Å². The molecule has 28 heavy (non-hydrogen) atoms. The molecule has 1 aliphatic heterocycles. The van der Waals surface area contributed by atoms with Crippen molar-refractivity contribution >= 4 is 72.9 Å². The molecule has 0 radical (unpaired) electrons. The van der Waals surface area contributed by atoms with Crippen molar-refractivity contribution in [3.05, 3.63) is 45.5 Å². The molecule has 7 nitrogen and oxygen atoms in total. The Morgan fingerprint density at radius 3 is 2.93 bits per heavy atom. The summed E-state index contributed by atoms with van der Waals surface area (Å²) in [5.74, 6) is -0.248. The molecule has 4 rings (SSSR count). The molecule has 0 saturated carbocycles. The molecule has 3 aromatic rings. The maximum Gasteiger partial charge on any atom is 0.294 e. The Labute approximate surface area is 172 Å². The highest BCUT2D eigenvalue weighted by Gasteiger charge is 2.36. The van der Waals surface area contributed by atoms with Gasteiger partial charge >= 0.3 is 0 Å². The van der Waals surface area contributed by atoms with Crippen molar-refractivity contribution in [1.29, 1.82) is 0 Å². The lowest BCUT2D eigenvalue weighted by Crippen LogP contribution is -2.36. The van der Waals surface area contributed by atoms with Crippen molar-refractivity contribution in [2.45, 2.75) is 0 Å². The van der Waals surface area contributed by atoms with Gasteiger partial charge in [-0.15, -0.1) is 11.3 Å². The maximum absolute atomic E-state index is 12.5. The van der Waals surface area contributed by atoms with Crippen LogP contribution >= 0.6 is 34.4 Å². The highest BCUT2D eigenvalue weighted by atomic mass is 32.2. The summed E-state index contributed by atoms with van der Waals surface area (Å²) in [6, 6.07) is 9.13. The van der Waals surface area contributed by atoms with E-state index in [1.807, 2.05) is 23.6 Å². The van der Waals surface area contributed by atoms with Crippen LogP contribution in [0, 0.1) is 0 Å². The monoisotopic (exact) mass is 431 g/mol. The topological polar surface area (TPSA) is 88.6 Å². The van der Waals surface area contributed by atoms with Crippen LogP contribution < -0.4 is 10.1 Å². The summed E-state index contributed by atoms with van der Waals surface area (Å²) in [4.78, 5) is 43.4. The number of carbonyl (C=O) groups excluding carboxylic acids is 3. The second-order valence-electron chi connectivity index (χ2n) is 5.68. The number of fused-ring (bicyclic) bond motifs is 1. The van der Waals surface area contributed by atoms with Crippen molar-refractivity contribution in [1.82, 2.24) is 9.88 Å². The first kappa shape index (κ1) is 18.7. The molecule has 3 heterocycles. The molecule has 142 valence electrons.